The van der Waals surface area contributed by atoms with E-state index in [2.05, 4.69) is 0 Å². The summed E-state index contributed by atoms with van der Waals surface area (Å²) in [6.07, 6.45) is 4.82. The number of hydrogen-bond donors (Lipinski definition) is 0. The minimum absolute atomic E-state index is 0.0154. The molecule has 1 saturated heterocycles. The Morgan fingerprint density at radius 3 is 2.22 bits per heavy atom. The van der Waals surface area contributed by atoms with Crippen LogP contribution in [0.5, 0.6) is 0 Å². The van der Waals surface area contributed by atoms with E-state index in [1.165, 1.54) is 0 Å². The first kappa shape index (κ1) is 19.6. The Morgan fingerprint density at radius 2 is 1.56 bits per heavy atom. The summed E-state index contributed by atoms with van der Waals surface area (Å²) >= 11 is 0. The van der Waals surface area contributed by atoms with E-state index in [9.17, 15) is 14.4 Å². The number of hydrogen-bond acceptors (Lipinski definition) is 3. The Labute approximate surface area is 161 Å². The molecule has 1 saturated carbocycles. The quantitative estimate of drug-likeness (QED) is 0.748. The molecule has 1 heterocycles. The van der Waals surface area contributed by atoms with E-state index in [1.807, 2.05) is 36.9 Å². The molecule has 0 bridgehead atoms. The van der Waals surface area contributed by atoms with Crippen LogP contribution in [0.15, 0.2) is 18.2 Å². The largest absolute Gasteiger partial charge is 0.339 e. The van der Waals surface area contributed by atoms with Gasteiger partial charge in [0.05, 0.1) is 0 Å². The van der Waals surface area contributed by atoms with E-state index in [1.54, 1.807) is 4.90 Å². The molecule has 0 aromatic heterocycles. The number of Topliss-reactive ketones (excluding diaryl/α,β-unsaturated/α-hetero) is 1. The lowest BCUT2D eigenvalue weighted by molar-refractivity contribution is -0.142. The summed E-state index contributed by atoms with van der Waals surface area (Å²) in [4.78, 5) is 41.2. The first-order valence-electron chi connectivity index (χ1n) is 10.1. The van der Waals surface area contributed by atoms with E-state index in [4.69, 9.17) is 0 Å². The number of amides is 2. The SMILES string of the molecule is Cc1ccc(C)c(C(=O)CCC(=O)N2CCN(C(=O)C3CCCC3)CC2)c1. The standard InChI is InChI=1S/C22H30N2O3/c1-16-7-8-17(2)19(15-16)20(25)9-10-21(26)23-11-13-24(14-12-23)22(27)18-5-3-4-6-18/h7-8,15,18H,3-6,9-14H2,1-2H3. The van der Waals surface area contributed by atoms with Crippen LogP contribution >= 0.6 is 0 Å². The van der Waals surface area contributed by atoms with Crippen molar-refractivity contribution < 1.29 is 14.4 Å². The molecular weight excluding hydrogens is 340 g/mol. The molecule has 0 radical (unpaired) electrons. The maximum absolute atomic E-state index is 12.5. The van der Waals surface area contributed by atoms with Crippen LogP contribution in [-0.2, 0) is 9.59 Å². The number of carbonyl (C=O) groups excluding carboxylic acids is 3. The highest BCUT2D eigenvalue weighted by atomic mass is 16.2. The van der Waals surface area contributed by atoms with Gasteiger partial charge >= 0.3 is 0 Å². The summed E-state index contributed by atoms with van der Waals surface area (Å²) in [5.41, 5.74) is 2.73. The molecule has 0 N–H and O–H groups in total. The molecule has 5 nitrogen and oxygen atoms in total. The number of benzene rings is 1. The summed E-state index contributed by atoms with van der Waals surface area (Å²) < 4.78 is 0. The average molecular weight is 370 g/mol. The summed E-state index contributed by atoms with van der Waals surface area (Å²) in [6.45, 7) is 6.28. The normalized spacial score (nSPS) is 18.0. The lowest BCUT2D eigenvalue weighted by Crippen LogP contribution is -2.51. The molecule has 5 heteroatoms. The first-order chi connectivity index (χ1) is 13.0. The zero-order chi connectivity index (χ0) is 19.4. The summed E-state index contributed by atoms with van der Waals surface area (Å²) in [5.74, 6) is 0.508. The van der Waals surface area contributed by atoms with E-state index >= 15 is 0 Å². The molecular formula is C22H30N2O3. The Morgan fingerprint density at radius 1 is 0.926 bits per heavy atom. The van der Waals surface area contributed by atoms with Gasteiger partial charge in [0.15, 0.2) is 5.78 Å². The number of ketones is 1. The van der Waals surface area contributed by atoms with Crippen LogP contribution in [0.4, 0.5) is 0 Å². The zero-order valence-corrected chi connectivity index (χ0v) is 16.5. The van der Waals surface area contributed by atoms with Crippen molar-refractivity contribution in [3.63, 3.8) is 0 Å². The lowest BCUT2D eigenvalue weighted by Gasteiger charge is -2.36. The highest BCUT2D eigenvalue weighted by Gasteiger charge is 2.30. The Bertz CT molecular complexity index is 714. The topological polar surface area (TPSA) is 57.7 Å². The van der Waals surface area contributed by atoms with Crippen molar-refractivity contribution >= 4 is 17.6 Å². The fourth-order valence-electron chi connectivity index (χ4n) is 4.16. The third kappa shape index (κ3) is 4.76. The van der Waals surface area contributed by atoms with Gasteiger partial charge in [-0.2, -0.15) is 0 Å². The predicted octanol–water partition coefficient (Wildman–Crippen LogP) is 3.13. The smallest absolute Gasteiger partial charge is 0.225 e. The number of piperazine rings is 1. The van der Waals surface area contributed by atoms with Crippen LogP contribution in [-0.4, -0.2) is 53.6 Å². The van der Waals surface area contributed by atoms with Gasteiger partial charge in [0, 0.05) is 50.5 Å². The van der Waals surface area contributed by atoms with Crippen molar-refractivity contribution in [3.05, 3.63) is 34.9 Å². The summed E-state index contributed by atoms with van der Waals surface area (Å²) in [5, 5.41) is 0. The zero-order valence-electron chi connectivity index (χ0n) is 16.5. The number of rotatable bonds is 5. The van der Waals surface area contributed by atoms with Crippen LogP contribution in [0.3, 0.4) is 0 Å². The van der Waals surface area contributed by atoms with Crippen molar-refractivity contribution in [2.75, 3.05) is 26.2 Å². The van der Waals surface area contributed by atoms with E-state index < -0.39 is 0 Å². The van der Waals surface area contributed by atoms with Crippen LogP contribution < -0.4 is 0 Å². The van der Waals surface area contributed by atoms with Crippen LogP contribution in [0.25, 0.3) is 0 Å². The lowest BCUT2D eigenvalue weighted by atomic mass is 9.99. The average Bonchev–Trinajstić information content (AvgIpc) is 3.22. The van der Waals surface area contributed by atoms with Crippen molar-refractivity contribution in [1.82, 2.24) is 9.80 Å². The number of aryl methyl sites for hydroxylation is 2. The highest BCUT2D eigenvalue weighted by Crippen LogP contribution is 2.27. The Hall–Kier alpha value is -2.17. The van der Waals surface area contributed by atoms with Gasteiger partial charge in [0.2, 0.25) is 11.8 Å². The maximum Gasteiger partial charge on any atom is 0.225 e. The molecule has 1 aromatic rings. The molecule has 0 atom stereocenters. The summed E-state index contributed by atoms with van der Waals surface area (Å²) in [7, 11) is 0. The van der Waals surface area contributed by atoms with Gasteiger partial charge in [0.1, 0.15) is 0 Å². The third-order valence-corrected chi connectivity index (χ3v) is 5.91. The van der Waals surface area contributed by atoms with Gasteiger partial charge in [-0.15, -0.1) is 0 Å². The molecule has 2 amide bonds. The fourth-order valence-corrected chi connectivity index (χ4v) is 4.16. The third-order valence-electron chi connectivity index (χ3n) is 5.91. The van der Waals surface area contributed by atoms with Gasteiger partial charge in [0.25, 0.3) is 0 Å². The molecule has 0 unspecified atom stereocenters. The Kier molecular flexibility index (Phi) is 6.30. The summed E-state index contributed by atoms with van der Waals surface area (Å²) in [6, 6.07) is 5.84. The molecule has 1 aliphatic heterocycles. The molecule has 0 spiro atoms. The maximum atomic E-state index is 12.5. The van der Waals surface area contributed by atoms with Crippen LogP contribution in [0.2, 0.25) is 0 Å². The molecule has 1 aliphatic carbocycles. The predicted molar refractivity (Wildman–Crippen MR) is 105 cm³/mol. The molecule has 2 fully saturated rings. The molecule has 2 aliphatic rings. The number of nitrogens with zero attached hydrogens (tertiary/aromatic N) is 2. The minimum Gasteiger partial charge on any atom is -0.339 e. The molecule has 1 aromatic carbocycles. The molecule has 146 valence electrons. The van der Waals surface area contributed by atoms with Crippen molar-refractivity contribution in [3.8, 4) is 0 Å². The number of carbonyl (C=O) groups is 3. The van der Waals surface area contributed by atoms with E-state index in [0.29, 0.717) is 26.2 Å². The van der Waals surface area contributed by atoms with Gasteiger partial charge in [-0.1, -0.05) is 30.5 Å². The second-order valence-electron chi connectivity index (χ2n) is 7.93. The Balaban J connectivity index is 1.46. The van der Waals surface area contributed by atoms with E-state index in [-0.39, 0.29) is 36.4 Å². The first-order valence-corrected chi connectivity index (χ1v) is 10.1. The van der Waals surface area contributed by atoms with Crippen LogP contribution in [0, 0.1) is 19.8 Å². The minimum atomic E-state index is 0.0154. The van der Waals surface area contributed by atoms with Crippen molar-refractivity contribution in [2.45, 2.75) is 52.4 Å². The van der Waals surface area contributed by atoms with Gasteiger partial charge in [-0.3, -0.25) is 14.4 Å². The highest BCUT2D eigenvalue weighted by molar-refractivity contribution is 5.99. The molecule has 3 rings (SSSR count). The second kappa shape index (κ2) is 8.68. The van der Waals surface area contributed by atoms with E-state index in [0.717, 1.165) is 42.4 Å². The van der Waals surface area contributed by atoms with Crippen molar-refractivity contribution in [2.24, 2.45) is 5.92 Å². The van der Waals surface area contributed by atoms with Gasteiger partial charge in [-0.05, 0) is 38.3 Å². The van der Waals surface area contributed by atoms with Crippen LogP contribution in [0.1, 0.15) is 60.0 Å². The second-order valence-corrected chi connectivity index (χ2v) is 7.93. The van der Waals surface area contributed by atoms with Crippen molar-refractivity contribution in [1.29, 1.82) is 0 Å². The fraction of sp³-hybridized carbons (Fsp3) is 0.591. The van der Waals surface area contributed by atoms with Gasteiger partial charge in [-0.25, -0.2) is 0 Å². The van der Waals surface area contributed by atoms with Gasteiger partial charge < -0.3 is 9.80 Å². The molecule has 27 heavy (non-hydrogen) atoms. The monoisotopic (exact) mass is 370 g/mol.